The van der Waals surface area contributed by atoms with E-state index in [1.807, 2.05) is 42.5 Å². The summed E-state index contributed by atoms with van der Waals surface area (Å²) in [5.74, 6) is 2.58. The second kappa shape index (κ2) is 11.2. The molecule has 0 radical (unpaired) electrons. The number of halogens is 1. The second-order valence-corrected chi connectivity index (χ2v) is 9.32. The van der Waals surface area contributed by atoms with Crippen molar-refractivity contribution in [2.24, 2.45) is 5.92 Å². The van der Waals surface area contributed by atoms with Gasteiger partial charge in [-0.2, -0.15) is 0 Å². The maximum absolute atomic E-state index is 13.2. The van der Waals surface area contributed by atoms with Gasteiger partial charge in [-0.15, -0.1) is 0 Å². The molecule has 2 aliphatic heterocycles. The number of piperidine rings is 1. The molecule has 0 bridgehead atoms. The lowest BCUT2D eigenvalue weighted by Gasteiger charge is -2.31. The van der Waals surface area contributed by atoms with E-state index in [0.29, 0.717) is 30.4 Å². The fraction of sp³-hybridized carbons (Fsp3) is 0.500. The first kappa shape index (κ1) is 23.1. The van der Waals surface area contributed by atoms with E-state index in [2.05, 4.69) is 28.2 Å². The van der Waals surface area contributed by atoms with Gasteiger partial charge >= 0.3 is 0 Å². The first-order chi connectivity index (χ1) is 15.7. The standard InChI is InChI=1S/C26H32BrNO4/c1-2-3-24(19-10-13-28-14-11-19)32-21-8-9-22-25(16-21)31-17-23(26(22)29)18-4-6-20(7-5-18)30-15-12-27/h4-9,16,19,23-24,28H,2-3,10-15,17H2,1H3. The van der Waals surface area contributed by atoms with Gasteiger partial charge in [0.05, 0.1) is 18.1 Å². The summed E-state index contributed by atoms with van der Waals surface area (Å²) >= 11 is 3.36. The number of carbonyl (C=O) groups excluding carboxylic acids is 1. The Morgan fingerprint density at radius 2 is 1.88 bits per heavy atom. The van der Waals surface area contributed by atoms with Crippen molar-refractivity contribution in [1.29, 1.82) is 0 Å². The molecule has 0 amide bonds. The van der Waals surface area contributed by atoms with Gasteiger partial charge in [0.2, 0.25) is 0 Å². The molecule has 0 spiro atoms. The van der Waals surface area contributed by atoms with Crippen molar-refractivity contribution in [3.63, 3.8) is 0 Å². The predicted octanol–water partition coefficient (Wildman–Crippen LogP) is 5.37. The second-order valence-electron chi connectivity index (χ2n) is 8.52. The average molecular weight is 502 g/mol. The number of nitrogens with one attached hydrogen (secondary N) is 1. The molecule has 2 aromatic rings. The Hall–Kier alpha value is -2.05. The van der Waals surface area contributed by atoms with Crippen molar-refractivity contribution in [2.45, 2.75) is 44.6 Å². The first-order valence-electron chi connectivity index (χ1n) is 11.7. The van der Waals surface area contributed by atoms with Gasteiger partial charge in [-0.05, 0) is 68.1 Å². The fourth-order valence-electron chi connectivity index (χ4n) is 4.60. The van der Waals surface area contributed by atoms with Gasteiger partial charge in [-0.25, -0.2) is 0 Å². The Labute approximate surface area is 199 Å². The van der Waals surface area contributed by atoms with Crippen LogP contribution in [0.15, 0.2) is 42.5 Å². The Bertz CT molecular complexity index is 895. The van der Waals surface area contributed by atoms with Gasteiger partial charge in [0.25, 0.3) is 0 Å². The van der Waals surface area contributed by atoms with E-state index in [1.165, 1.54) is 0 Å². The monoisotopic (exact) mass is 501 g/mol. The lowest BCUT2D eigenvalue weighted by Crippen LogP contribution is -2.36. The largest absolute Gasteiger partial charge is 0.493 e. The minimum atomic E-state index is -0.304. The number of rotatable bonds is 9. The van der Waals surface area contributed by atoms with Gasteiger partial charge in [-0.3, -0.25) is 4.79 Å². The Morgan fingerprint density at radius 1 is 1.12 bits per heavy atom. The van der Waals surface area contributed by atoms with Crippen LogP contribution in [0.1, 0.15) is 54.4 Å². The summed E-state index contributed by atoms with van der Waals surface area (Å²) in [7, 11) is 0. The number of hydrogen-bond donors (Lipinski definition) is 1. The SMILES string of the molecule is CCCC(Oc1ccc2c(c1)OCC(c1ccc(OCCBr)cc1)C2=O)C1CCNCC1. The maximum atomic E-state index is 13.2. The number of alkyl halides is 1. The molecule has 0 aliphatic carbocycles. The highest BCUT2D eigenvalue weighted by Gasteiger charge is 2.31. The van der Waals surface area contributed by atoms with Crippen LogP contribution < -0.4 is 19.5 Å². The van der Waals surface area contributed by atoms with Crippen molar-refractivity contribution in [1.82, 2.24) is 5.32 Å². The van der Waals surface area contributed by atoms with Crippen molar-refractivity contribution < 1.29 is 19.0 Å². The summed E-state index contributed by atoms with van der Waals surface area (Å²) in [5, 5.41) is 4.21. The van der Waals surface area contributed by atoms with Crippen LogP contribution in [0.3, 0.4) is 0 Å². The summed E-state index contributed by atoms with van der Waals surface area (Å²) in [5.41, 5.74) is 1.57. The van der Waals surface area contributed by atoms with Crippen LogP contribution >= 0.6 is 15.9 Å². The molecule has 2 atom stereocenters. The van der Waals surface area contributed by atoms with E-state index in [9.17, 15) is 4.79 Å². The molecule has 5 nitrogen and oxygen atoms in total. The van der Waals surface area contributed by atoms with Crippen LogP contribution in [0.5, 0.6) is 17.2 Å². The number of ether oxygens (including phenoxy) is 3. The molecule has 2 heterocycles. The molecule has 2 unspecified atom stereocenters. The number of hydrogen-bond acceptors (Lipinski definition) is 5. The van der Waals surface area contributed by atoms with Gasteiger partial charge in [0.1, 0.15) is 30.0 Å². The lowest BCUT2D eigenvalue weighted by molar-refractivity contribution is 0.0891. The third-order valence-electron chi connectivity index (χ3n) is 6.34. The molecule has 1 saturated heterocycles. The predicted molar refractivity (Wildman–Crippen MR) is 130 cm³/mol. The van der Waals surface area contributed by atoms with E-state index in [4.69, 9.17) is 14.2 Å². The number of ketones is 1. The van der Waals surface area contributed by atoms with Gasteiger partial charge in [0.15, 0.2) is 5.78 Å². The van der Waals surface area contributed by atoms with Crippen LogP contribution in [0.4, 0.5) is 0 Å². The quantitative estimate of drug-likeness (QED) is 0.468. The fourth-order valence-corrected chi connectivity index (χ4v) is 4.76. The molecule has 2 aromatic carbocycles. The highest BCUT2D eigenvalue weighted by Crippen LogP contribution is 2.36. The van der Waals surface area contributed by atoms with Crippen molar-refractivity contribution in [3.05, 3.63) is 53.6 Å². The molecule has 0 saturated carbocycles. The minimum Gasteiger partial charge on any atom is -0.493 e. The van der Waals surface area contributed by atoms with E-state index < -0.39 is 0 Å². The zero-order chi connectivity index (χ0) is 22.3. The highest BCUT2D eigenvalue weighted by molar-refractivity contribution is 9.09. The van der Waals surface area contributed by atoms with Crippen LogP contribution in [-0.2, 0) is 0 Å². The minimum absolute atomic E-state index is 0.0930. The molecule has 4 rings (SSSR count). The molecule has 1 fully saturated rings. The topological polar surface area (TPSA) is 56.8 Å². The summed E-state index contributed by atoms with van der Waals surface area (Å²) in [6, 6.07) is 13.4. The van der Waals surface area contributed by atoms with E-state index in [-0.39, 0.29) is 17.8 Å². The van der Waals surface area contributed by atoms with E-state index in [1.54, 1.807) is 0 Å². The van der Waals surface area contributed by atoms with Crippen LogP contribution in [-0.4, -0.2) is 43.5 Å². The third kappa shape index (κ3) is 5.46. The number of carbonyl (C=O) groups is 1. The molecular formula is C26H32BrNO4. The van der Waals surface area contributed by atoms with Gasteiger partial charge < -0.3 is 19.5 Å². The normalized spacial score (nSPS) is 19.7. The van der Waals surface area contributed by atoms with Crippen LogP contribution in [0.2, 0.25) is 0 Å². The maximum Gasteiger partial charge on any atom is 0.177 e. The average Bonchev–Trinajstić information content (AvgIpc) is 2.84. The smallest absolute Gasteiger partial charge is 0.177 e. The van der Waals surface area contributed by atoms with Gasteiger partial charge in [-0.1, -0.05) is 41.4 Å². The van der Waals surface area contributed by atoms with Crippen molar-refractivity contribution in [3.8, 4) is 17.2 Å². The summed E-state index contributed by atoms with van der Waals surface area (Å²) < 4.78 is 18.1. The van der Waals surface area contributed by atoms with Crippen molar-refractivity contribution >= 4 is 21.7 Å². The van der Waals surface area contributed by atoms with E-state index in [0.717, 1.165) is 61.2 Å². The summed E-state index contributed by atoms with van der Waals surface area (Å²) in [6.45, 7) is 5.26. The lowest BCUT2D eigenvalue weighted by atomic mass is 9.88. The highest BCUT2D eigenvalue weighted by atomic mass is 79.9. The molecule has 172 valence electrons. The number of fused-ring (bicyclic) bond motifs is 1. The molecule has 1 N–H and O–H groups in total. The Morgan fingerprint density at radius 3 is 2.59 bits per heavy atom. The van der Waals surface area contributed by atoms with Gasteiger partial charge in [0, 0.05) is 11.4 Å². The zero-order valence-corrected chi connectivity index (χ0v) is 20.2. The van der Waals surface area contributed by atoms with E-state index >= 15 is 0 Å². The number of Topliss-reactive ketones (excluding diaryl/α,β-unsaturated/α-hetero) is 1. The van der Waals surface area contributed by atoms with Crippen LogP contribution in [0, 0.1) is 5.92 Å². The van der Waals surface area contributed by atoms with Crippen molar-refractivity contribution in [2.75, 3.05) is 31.6 Å². The molecule has 0 aromatic heterocycles. The Balaban J connectivity index is 1.45. The zero-order valence-electron chi connectivity index (χ0n) is 18.6. The van der Waals surface area contributed by atoms with Crippen LogP contribution in [0.25, 0.3) is 0 Å². The molecule has 32 heavy (non-hydrogen) atoms. The third-order valence-corrected chi connectivity index (χ3v) is 6.66. The molecule has 2 aliphatic rings. The Kier molecular flexibility index (Phi) is 8.09. The first-order valence-corrected chi connectivity index (χ1v) is 12.8. The summed E-state index contributed by atoms with van der Waals surface area (Å²) in [4.78, 5) is 13.2. The summed E-state index contributed by atoms with van der Waals surface area (Å²) in [6.07, 6.45) is 4.63. The molecular weight excluding hydrogens is 470 g/mol. The molecule has 6 heteroatoms. The number of benzene rings is 2.